The molecule has 0 aliphatic carbocycles. The Bertz CT molecular complexity index is 1430. The van der Waals surface area contributed by atoms with Crippen LogP contribution in [-0.4, -0.2) is 14.9 Å². The van der Waals surface area contributed by atoms with Crippen molar-refractivity contribution >= 4 is 39.8 Å². The van der Waals surface area contributed by atoms with Gasteiger partial charge >= 0.3 is 0 Å². The highest BCUT2D eigenvalue weighted by Crippen LogP contribution is 2.33. The van der Waals surface area contributed by atoms with Gasteiger partial charge < -0.3 is 9.40 Å². The standard InChI is InChI=1S/C21H11ClN4O4/c22-17-10-13(26(28)29)5-7-15(17)19-8-6-14(30-19)9-12(11-23)20-24-18-4-2-1-3-16(18)21(27)25-20/h1-10H,(H,24,25,27)/b12-9+. The summed E-state index contributed by atoms with van der Waals surface area (Å²) in [5, 5.41) is 21.0. The molecule has 0 bridgehead atoms. The molecule has 146 valence electrons. The molecule has 1 N–H and O–H groups in total. The number of H-pyrrole nitrogens is 1. The highest BCUT2D eigenvalue weighted by Gasteiger charge is 2.14. The van der Waals surface area contributed by atoms with Crippen molar-refractivity contribution in [1.82, 2.24) is 9.97 Å². The van der Waals surface area contributed by atoms with E-state index in [9.17, 15) is 20.2 Å². The van der Waals surface area contributed by atoms with Crippen LogP contribution in [0.2, 0.25) is 5.02 Å². The van der Waals surface area contributed by atoms with Crippen LogP contribution >= 0.6 is 11.6 Å². The lowest BCUT2D eigenvalue weighted by molar-refractivity contribution is -0.384. The zero-order chi connectivity index (χ0) is 21.3. The average molecular weight is 419 g/mol. The second-order valence-corrected chi connectivity index (χ2v) is 6.63. The van der Waals surface area contributed by atoms with Crippen molar-refractivity contribution in [1.29, 1.82) is 5.26 Å². The maximum atomic E-state index is 12.3. The van der Waals surface area contributed by atoms with E-state index >= 15 is 0 Å². The molecule has 0 saturated carbocycles. The van der Waals surface area contributed by atoms with Crippen LogP contribution < -0.4 is 5.56 Å². The highest BCUT2D eigenvalue weighted by atomic mass is 35.5. The van der Waals surface area contributed by atoms with Gasteiger partial charge in [-0.3, -0.25) is 14.9 Å². The van der Waals surface area contributed by atoms with Crippen molar-refractivity contribution in [3.05, 3.63) is 91.7 Å². The van der Waals surface area contributed by atoms with E-state index in [1.165, 1.54) is 24.3 Å². The Morgan fingerprint density at radius 2 is 2.03 bits per heavy atom. The molecule has 30 heavy (non-hydrogen) atoms. The van der Waals surface area contributed by atoms with E-state index in [1.807, 2.05) is 6.07 Å². The van der Waals surface area contributed by atoms with Gasteiger partial charge in [-0.2, -0.15) is 5.26 Å². The number of aromatic nitrogens is 2. The number of allylic oxidation sites excluding steroid dienone is 1. The summed E-state index contributed by atoms with van der Waals surface area (Å²) in [5.74, 6) is 0.817. The van der Waals surface area contributed by atoms with Gasteiger partial charge in [-0.05, 0) is 30.3 Å². The van der Waals surface area contributed by atoms with Crippen molar-refractivity contribution in [2.24, 2.45) is 0 Å². The predicted octanol–water partition coefficient (Wildman–Crippen LogP) is 4.81. The number of halogens is 1. The fourth-order valence-electron chi connectivity index (χ4n) is 2.90. The number of nitro benzene ring substituents is 1. The van der Waals surface area contributed by atoms with Crippen molar-refractivity contribution in [2.45, 2.75) is 0 Å². The third kappa shape index (κ3) is 3.57. The SMILES string of the molecule is N#C/C(=C\c1ccc(-c2ccc([N+](=O)[O-])cc2Cl)o1)c1nc2ccccc2c(=O)[nH]1. The normalized spacial score (nSPS) is 11.4. The van der Waals surface area contributed by atoms with Gasteiger partial charge in [0.1, 0.15) is 17.6 Å². The van der Waals surface area contributed by atoms with E-state index in [-0.39, 0.29) is 27.7 Å². The van der Waals surface area contributed by atoms with Gasteiger partial charge in [0.05, 0.1) is 26.4 Å². The van der Waals surface area contributed by atoms with Crippen LogP contribution in [0.5, 0.6) is 0 Å². The van der Waals surface area contributed by atoms with Crippen molar-refractivity contribution in [2.75, 3.05) is 0 Å². The van der Waals surface area contributed by atoms with Gasteiger partial charge in [-0.15, -0.1) is 0 Å². The Kier molecular flexibility index (Phi) is 4.88. The Morgan fingerprint density at radius 1 is 1.23 bits per heavy atom. The van der Waals surface area contributed by atoms with Crippen LogP contribution in [0.4, 0.5) is 5.69 Å². The lowest BCUT2D eigenvalue weighted by Crippen LogP contribution is -2.11. The lowest BCUT2D eigenvalue weighted by Gasteiger charge is -2.02. The summed E-state index contributed by atoms with van der Waals surface area (Å²) in [7, 11) is 0. The minimum absolute atomic E-state index is 0.105. The second kappa shape index (κ2) is 7.66. The number of nitrogens with zero attached hydrogens (tertiary/aromatic N) is 3. The molecule has 2 heterocycles. The van der Waals surface area contributed by atoms with E-state index in [0.717, 1.165) is 0 Å². The Morgan fingerprint density at radius 3 is 2.77 bits per heavy atom. The molecule has 0 aliphatic rings. The molecule has 0 spiro atoms. The van der Waals surface area contributed by atoms with E-state index in [4.69, 9.17) is 16.0 Å². The Balaban J connectivity index is 1.72. The summed E-state index contributed by atoms with van der Waals surface area (Å²) in [6.07, 6.45) is 1.44. The molecule has 4 rings (SSSR count). The summed E-state index contributed by atoms with van der Waals surface area (Å²) >= 11 is 6.14. The summed E-state index contributed by atoms with van der Waals surface area (Å²) in [5.41, 5.74) is 0.560. The summed E-state index contributed by atoms with van der Waals surface area (Å²) in [4.78, 5) is 29.5. The molecule has 2 aromatic carbocycles. The molecular weight excluding hydrogens is 408 g/mol. The molecule has 0 atom stereocenters. The Hall–Kier alpha value is -4.22. The van der Waals surface area contributed by atoms with Gasteiger partial charge in [-0.1, -0.05) is 23.7 Å². The monoisotopic (exact) mass is 418 g/mol. The van der Waals surface area contributed by atoms with Gasteiger partial charge in [0, 0.05) is 23.8 Å². The number of nitriles is 1. The molecule has 0 fully saturated rings. The smallest absolute Gasteiger partial charge is 0.270 e. The maximum Gasteiger partial charge on any atom is 0.270 e. The number of nitro groups is 1. The van der Waals surface area contributed by atoms with E-state index in [1.54, 1.807) is 36.4 Å². The van der Waals surface area contributed by atoms with Crippen LogP contribution in [0.25, 0.3) is 33.9 Å². The van der Waals surface area contributed by atoms with Crippen LogP contribution in [0.3, 0.4) is 0 Å². The third-order valence-electron chi connectivity index (χ3n) is 4.33. The maximum absolute atomic E-state index is 12.3. The molecule has 0 amide bonds. The minimum atomic E-state index is -0.539. The number of benzene rings is 2. The molecule has 4 aromatic rings. The van der Waals surface area contributed by atoms with Gasteiger partial charge in [0.15, 0.2) is 5.82 Å². The number of hydrogen-bond acceptors (Lipinski definition) is 6. The first kappa shape index (κ1) is 19.1. The van der Waals surface area contributed by atoms with Crippen LogP contribution in [0.15, 0.2) is 63.8 Å². The number of hydrogen-bond donors (Lipinski definition) is 1. The summed E-state index contributed by atoms with van der Waals surface area (Å²) < 4.78 is 5.72. The Labute approximate surface area is 173 Å². The average Bonchev–Trinajstić information content (AvgIpc) is 3.20. The number of fused-ring (bicyclic) bond motifs is 1. The van der Waals surface area contributed by atoms with Crippen LogP contribution in [-0.2, 0) is 0 Å². The quantitative estimate of drug-likeness (QED) is 0.288. The van der Waals surface area contributed by atoms with Crippen LogP contribution in [0, 0.1) is 21.4 Å². The van der Waals surface area contributed by atoms with Crippen molar-refractivity contribution < 1.29 is 9.34 Å². The van der Waals surface area contributed by atoms with Crippen molar-refractivity contribution in [3.8, 4) is 17.4 Å². The van der Waals surface area contributed by atoms with Gasteiger partial charge in [-0.25, -0.2) is 4.98 Å². The first-order valence-electron chi connectivity index (χ1n) is 8.61. The van der Waals surface area contributed by atoms with Gasteiger partial charge in [0.2, 0.25) is 0 Å². The largest absolute Gasteiger partial charge is 0.457 e. The third-order valence-corrected chi connectivity index (χ3v) is 4.64. The molecule has 0 unspecified atom stereocenters. The first-order chi connectivity index (χ1) is 14.5. The number of furan rings is 1. The molecular formula is C21H11ClN4O4. The number of rotatable bonds is 4. The number of non-ortho nitro benzene ring substituents is 1. The van der Waals surface area contributed by atoms with Crippen molar-refractivity contribution in [3.63, 3.8) is 0 Å². The van der Waals surface area contributed by atoms with Crippen LogP contribution in [0.1, 0.15) is 11.6 Å². The van der Waals surface area contributed by atoms with E-state index in [2.05, 4.69) is 9.97 Å². The number of aromatic amines is 1. The molecule has 2 aromatic heterocycles. The fourth-order valence-corrected chi connectivity index (χ4v) is 3.17. The first-order valence-corrected chi connectivity index (χ1v) is 8.99. The number of nitrogens with one attached hydrogen (secondary N) is 1. The van der Waals surface area contributed by atoms with E-state index in [0.29, 0.717) is 28.0 Å². The number of para-hydroxylation sites is 1. The highest BCUT2D eigenvalue weighted by molar-refractivity contribution is 6.33. The fraction of sp³-hybridized carbons (Fsp3) is 0. The zero-order valence-corrected chi connectivity index (χ0v) is 15.9. The van der Waals surface area contributed by atoms with Gasteiger partial charge in [0.25, 0.3) is 11.2 Å². The molecule has 8 nitrogen and oxygen atoms in total. The molecule has 0 aliphatic heterocycles. The second-order valence-electron chi connectivity index (χ2n) is 6.22. The lowest BCUT2D eigenvalue weighted by atomic mass is 10.1. The topological polar surface area (TPSA) is 126 Å². The predicted molar refractivity (Wildman–Crippen MR) is 112 cm³/mol. The molecule has 0 saturated heterocycles. The molecule has 0 radical (unpaired) electrons. The minimum Gasteiger partial charge on any atom is -0.457 e. The van der Waals surface area contributed by atoms with E-state index < -0.39 is 4.92 Å². The molecule has 9 heteroatoms. The summed E-state index contributed by atoms with van der Waals surface area (Å²) in [6.45, 7) is 0. The summed E-state index contributed by atoms with van der Waals surface area (Å²) in [6, 6.07) is 16.1. The zero-order valence-electron chi connectivity index (χ0n) is 15.1.